The lowest BCUT2D eigenvalue weighted by Gasteiger charge is -2.25. The van der Waals surface area contributed by atoms with Crippen LogP contribution in [-0.2, 0) is 4.79 Å². The highest BCUT2D eigenvalue weighted by Crippen LogP contribution is 2.25. The second-order valence-electron chi connectivity index (χ2n) is 4.90. The number of nitro benzene ring substituents is 1. The molecule has 1 fully saturated rings. The van der Waals surface area contributed by atoms with Crippen LogP contribution in [0.25, 0.3) is 0 Å². The Balaban J connectivity index is 1.93. The van der Waals surface area contributed by atoms with E-state index in [-0.39, 0.29) is 23.6 Å². The van der Waals surface area contributed by atoms with Gasteiger partial charge in [0.25, 0.3) is 5.69 Å². The average Bonchev–Trinajstić information content (AvgIpc) is 2.40. The Morgan fingerprint density at radius 3 is 2.32 bits per heavy atom. The molecule has 0 aromatic heterocycles. The molecule has 0 saturated heterocycles. The van der Waals surface area contributed by atoms with Crippen LogP contribution in [0.1, 0.15) is 25.7 Å². The van der Waals surface area contributed by atoms with Crippen LogP contribution in [0.15, 0.2) is 24.3 Å². The molecule has 0 spiro atoms. The third kappa shape index (κ3) is 3.51. The highest BCUT2D eigenvalue weighted by atomic mass is 16.6. The molecule has 0 atom stereocenters. The smallest absolute Gasteiger partial charge is 0.269 e. The first-order valence-electron chi connectivity index (χ1n) is 6.37. The molecule has 0 unspecified atom stereocenters. The summed E-state index contributed by atoms with van der Waals surface area (Å²) < 4.78 is 0. The number of nitrogens with two attached hydrogens (primary N) is 1. The summed E-state index contributed by atoms with van der Waals surface area (Å²) in [4.78, 5) is 22.1. The van der Waals surface area contributed by atoms with Gasteiger partial charge in [-0.3, -0.25) is 14.9 Å². The third-order valence-corrected chi connectivity index (χ3v) is 3.49. The van der Waals surface area contributed by atoms with Crippen LogP contribution in [0.2, 0.25) is 0 Å². The van der Waals surface area contributed by atoms with Crippen LogP contribution in [0.3, 0.4) is 0 Å². The molecule has 0 bridgehead atoms. The van der Waals surface area contributed by atoms with Crippen LogP contribution in [0.4, 0.5) is 11.4 Å². The van der Waals surface area contributed by atoms with Crippen LogP contribution in [0, 0.1) is 16.0 Å². The number of non-ortho nitro benzene ring substituents is 1. The van der Waals surface area contributed by atoms with E-state index in [1.54, 1.807) is 12.1 Å². The third-order valence-electron chi connectivity index (χ3n) is 3.49. The average molecular weight is 263 g/mol. The van der Waals surface area contributed by atoms with Gasteiger partial charge in [0.2, 0.25) is 5.91 Å². The molecule has 0 heterocycles. The molecular formula is C13H17N3O3. The quantitative estimate of drug-likeness (QED) is 0.644. The van der Waals surface area contributed by atoms with Crippen molar-refractivity contribution in [2.75, 3.05) is 5.32 Å². The van der Waals surface area contributed by atoms with Gasteiger partial charge < -0.3 is 11.1 Å². The van der Waals surface area contributed by atoms with E-state index in [2.05, 4.69) is 5.32 Å². The Morgan fingerprint density at radius 2 is 1.79 bits per heavy atom. The van der Waals surface area contributed by atoms with Crippen molar-refractivity contribution in [3.05, 3.63) is 34.4 Å². The first kappa shape index (κ1) is 13.5. The lowest BCUT2D eigenvalue weighted by Crippen LogP contribution is -2.32. The minimum Gasteiger partial charge on any atom is -0.328 e. The lowest BCUT2D eigenvalue weighted by molar-refractivity contribution is -0.384. The maximum absolute atomic E-state index is 12.0. The molecule has 0 aliphatic heterocycles. The SMILES string of the molecule is NC1CCC(C(=O)Nc2ccc([N+](=O)[O-])cc2)CC1. The van der Waals surface area contributed by atoms with E-state index in [1.807, 2.05) is 0 Å². The molecule has 2 rings (SSSR count). The van der Waals surface area contributed by atoms with E-state index < -0.39 is 4.92 Å². The zero-order chi connectivity index (χ0) is 13.8. The van der Waals surface area contributed by atoms with E-state index in [4.69, 9.17) is 5.73 Å². The number of anilines is 1. The van der Waals surface area contributed by atoms with Crippen LogP contribution < -0.4 is 11.1 Å². The van der Waals surface area contributed by atoms with Gasteiger partial charge in [0.15, 0.2) is 0 Å². The summed E-state index contributed by atoms with van der Waals surface area (Å²) in [5.41, 5.74) is 6.40. The van der Waals surface area contributed by atoms with Gasteiger partial charge >= 0.3 is 0 Å². The molecule has 1 saturated carbocycles. The summed E-state index contributed by atoms with van der Waals surface area (Å²) >= 11 is 0. The number of nitrogens with one attached hydrogen (secondary N) is 1. The Morgan fingerprint density at radius 1 is 1.21 bits per heavy atom. The number of nitro groups is 1. The van der Waals surface area contributed by atoms with E-state index in [9.17, 15) is 14.9 Å². The fraction of sp³-hybridized carbons (Fsp3) is 0.462. The molecule has 1 aromatic carbocycles. The van der Waals surface area contributed by atoms with Crippen molar-refractivity contribution in [1.29, 1.82) is 0 Å². The Labute approximate surface area is 111 Å². The first-order chi connectivity index (χ1) is 9.06. The van der Waals surface area contributed by atoms with E-state index in [0.29, 0.717) is 5.69 Å². The minimum atomic E-state index is -0.464. The minimum absolute atomic E-state index is 0.00464. The van der Waals surface area contributed by atoms with Crippen molar-refractivity contribution in [2.24, 2.45) is 11.7 Å². The highest BCUT2D eigenvalue weighted by molar-refractivity contribution is 5.92. The van der Waals surface area contributed by atoms with Gasteiger partial charge in [-0.2, -0.15) is 0 Å². The fourth-order valence-electron chi connectivity index (χ4n) is 2.29. The van der Waals surface area contributed by atoms with Gasteiger partial charge in [0, 0.05) is 29.8 Å². The van der Waals surface area contributed by atoms with Crippen molar-refractivity contribution in [1.82, 2.24) is 0 Å². The maximum Gasteiger partial charge on any atom is 0.269 e. The Kier molecular flexibility index (Phi) is 4.11. The van der Waals surface area contributed by atoms with Crippen molar-refractivity contribution >= 4 is 17.3 Å². The molecule has 1 amide bonds. The fourth-order valence-corrected chi connectivity index (χ4v) is 2.29. The summed E-state index contributed by atoms with van der Waals surface area (Å²) in [6.45, 7) is 0. The van der Waals surface area contributed by atoms with Gasteiger partial charge in [0.05, 0.1) is 4.92 Å². The van der Waals surface area contributed by atoms with Crippen molar-refractivity contribution in [3.8, 4) is 0 Å². The maximum atomic E-state index is 12.0. The van der Waals surface area contributed by atoms with Gasteiger partial charge in [-0.1, -0.05) is 0 Å². The number of hydrogen-bond donors (Lipinski definition) is 2. The molecule has 6 heteroatoms. The monoisotopic (exact) mass is 263 g/mol. The Hall–Kier alpha value is -1.95. The molecule has 1 aromatic rings. The lowest BCUT2D eigenvalue weighted by atomic mass is 9.86. The molecule has 19 heavy (non-hydrogen) atoms. The Bertz CT molecular complexity index is 465. The van der Waals surface area contributed by atoms with E-state index in [0.717, 1.165) is 25.7 Å². The number of hydrogen-bond acceptors (Lipinski definition) is 4. The molecule has 0 radical (unpaired) electrons. The number of nitrogens with zero attached hydrogens (tertiary/aromatic N) is 1. The predicted molar refractivity (Wildman–Crippen MR) is 71.7 cm³/mol. The molecule has 102 valence electrons. The van der Waals surface area contributed by atoms with Crippen LogP contribution in [-0.4, -0.2) is 16.9 Å². The zero-order valence-electron chi connectivity index (χ0n) is 10.5. The summed E-state index contributed by atoms with van der Waals surface area (Å²) in [6, 6.07) is 6.07. The normalized spacial score (nSPS) is 22.8. The number of benzene rings is 1. The zero-order valence-corrected chi connectivity index (χ0v) is 10.5. The number of carbonyl (C=O) groups excluding carboxylic acids is 1. The van der Waals surface area contributed by atoms with Gasteiger partial charge in [0.1, 0.15) is 0 Å². The summed E-state index contributed by atoms with van der Waals surface area (Å²) in [7, 11) is 0. The first-order valence-corrected chi connectivity index (χ1v) is 6.37. The molecule has 3 N–H and O–H groups in total. The van der Waals surface area contributed by atoms with Gasteiger partial charge in [-0.15, -0.1) is 0 Å². The van der Waals surface area contributed by atoms with E-state index >= 15 is 0 Å². The summed E-state index contributed by atoms with van der Waals surface area (Å²) in [5.74, 6) is -0.0317. The van der Waals surface area contributed by atoms with Gasteiger partial charge in [-0.05, 0) is 37.8 Å². The van der Waals surface area contributed by atoms with Gasteiger partial charge in [-0.25, -0.2) is 0 Å². The summed E-state index contributed by atoms with van der Waals surface area (Å²) in [6.07, 6.45) is 3.36. The highest BCUT2D eigenvalue weighted by Gasteiger charge is 2.24. The van der Waals surface area contributed by atoms with Crippen molar-refractivity contribution in [3.63, 3.8) is 0 Å². The topological polar surface area (TPSA) is 98.3 Å². The van der Waals surface area contributed by atoms with Crippen LogP contribution in [0.5, 0.6) is 0 Å². The number of rotatable bonds is 3. The molecule has 1 aliphatic carbocycles. The molecular weight excluding hydrogens is 246 g/mol. The summed E-state index contributed by atoms with van der Waals surface area (Å²) in [5, 5.41) is 13.3. The number of carbonyl (C=O) groups is 1. The van der Waals surface area contributed by atoms with E-state index in [1.165, 1.54) is 12.1 Å². The number of amides is 1. The van der Waals surface area contributed by atoms with Crippen LogP contribution >= 0.6 is 0 Å². The second-order valence-corrected chi connectivity index (χ2v) is 4.90. The molecule has 1 aliphatic rings. The molecule has 6 nitrogen and oxygen atoms in total. The largest absolute Gasteiger partial charge is 0.328 e. The van der Waals surface area contributed by atoms with Crippen molar-refractivity contribution in [2.45, 2.75) is 31.7 Å². The second kappa shape index (κ2) is 5.79. The van der Waals surface area contributed by atoms with Crippen molar-refractivity contribution < 1.29 is 9.72 Å². The standard InChI is InChI=1S/C13H17N3O3/c14-10-3-1-9(2-4-10)13(17)15-11-5-7-12(8-6-11)16(18)19/h5-10H,1-4,14H2,(H,15,17). The predicted octanol–water partition coefficient (Wildman–Crippen LogP) is 2.05.